The first-order valence-corrected chi connectivity index (χ1v) is 4.50. The summed E-state index contributed by atoms with van der Waals surface area (Å²) in [6, 6.07) is 8.11. The number of rotatable bonds is 4. The normalized spacial score (nSPS) is 10.9. The van der Waals surface area contributed by atoms with E-state index in [4.69, 9.17) is 5.26 Å². The molecule has 74 valence electrons. The number of fused-ring (bicyclic) bond motifs is 1. The predicted molar refractivity (Wildman–Crippen MR) is 53.7 cm³/mol. The van der Waals surface area contributed by atoms with Crippen molar-refractivity contribution >= 4 is 10.9 Å². The lowest BCUT2D eigenvalue weighted by Crippen LogP contribution is -2.15. The summed E-state index contributed by atoms with van der Waals surface area (Å²) in [5.41, 5.74) is 4.74. The van der Waals surface area contributed by atoms with Gasteiger partial charge in [0.15, 0.2) is 0 Å². The maximum Gasteiger partial charge on any atom is 0.0456 e. The van der Waals surface area contributed by atoms with Gasteiger partial charge in [-0.05, 0) is 18.1 Å². The minimum absolute atomic E-state index is 0.582. The van der Waals surface area contributed by atoms with E-state index in [9.17, 15) is 0 Å². The van der Waals surface area contributed by atoms with Crippen molar-refractivity contribution in [2.45, 2.75) is 6.42 Å². The molecule has 0 aliphatic carbocycles. The van der Waals surface area contributed by atoms with Crippen LogP contribution in [-0.2, 0) is 11.4 Å². The quantitative estimate of drug-likeness (QED) is 0.392. The van der Waals surface area contributed by atoms with Crippen LogP contribution in [-0.4, -0.2) is 16.8 Å². The second kappa shape index (κ2) is 4.23. The molecule has 4 nitrogen and oxygen atoms in total. The number of aromatic nitrogens is 1. The van der Waals surface area contributed by atoms with Crippen LogP contribution in [0.4, 0.5) is 0 Å². The molecule has 1 heterocycles. The largest absolute Gasteiger partial charge is 0.361 e. The summed E-state index contributed by atoms with van der Waals surface area (Å²) in [6.07, 6.45) is 2.79. The zero-order valence-corrected chi connectivity index (χ0v) is 7.66. The van der Waals surface area contributed by atoms with E-state index in [0.717, 1.165) is 11.9 Å². The summed E-state index contributed by atoms with van der Waals surface area (Å²) in [4.78, 5) is 6.98. The van der Waals surface area contributed by atoms with Gasteiger partial charge in [-0.15, -0.1) is 4.99 Å². The summed E-state index contributed by atoms with van der Waals surface area (Å²) in [5.74, 6) is 0. The molecule has 1 aromatic heterocycles. The van der Waals surface area contributed by atoms with Crippen molar-refractivity contribution in [3.8, 4) is 0 Å². The van der Waals surface area contributed by atoms with Crippen molar-refractivity contribution in [2.24, 2.45) is 0 Å². The Morgan fingerprint density at radius 2 is 2.21 bits per heavy atom. The van der Waals surface area contributed by atoms with Crippen molar-refractivity contribution < 1.29 is 10.2 Å². The standard InChI is InChI=1S/C10H12N2O2/c13-14-12-6-5-8-7-11-10-4-2-1-3-9(8)10/h1-4,7,11-13H,5-6H2. The van der Waals surface area contributed by atoms with Crippen LogP contribution in [0.5, 0.6) is 0 Å². The van der Waals surface area contributed by atoms with Gasteiger partial charge < -0.3 is 4.98 Å². The second-order valence-electron chi connectivity index (χ2n) is 3.10. The molecule has 0 atom stereocenters. The number of hydrogen-bond donors (Lipinski definition) is 3. The molecule has 0 unspecified atom stereocenters. The average Bonchev–Trinajstić information content (AvgIpc) is 2.63. The molecule has 0 aliphatic heterocycles. The lowest BCUT2D eigenvalue weighted by atomic mass is 10.1. The lowest BCUT2D eigenvalue weighted by molar-refractivity contribution is -0.291. The van der Waals surface area contributed by atoms with Crippen molar-refractivity contribution in [3.05, 3.63) is 36.0 Å². The van der Waals surface area contributed by atoms with Gasteiger partial charge in [0.25, 0.3) is 0 Å². The van der Waals surface area contributed by atoms with Crippen LogP contribution < -0.4 is 5.48 Å². The highest BCUT2D eigenvalue weighted by Gasteiger charge is 2.01. The predicted octanol–water partition coefficient (Wildman–Crippen LogP) is 1.70. The van der Waals surface area contributed by atoms with Crippen LogP contribution in [0.25, 0.3) is 10.9 Å². The minimum atomic E-state index is 0.582. The van der Waals surface area contributed by atoms with Gasteiger partial charge in [-0.3, -0.25) is 0 Å². The van der Waals surface area contributed by atoms with E-state index in [1.54, 1.807) is 0 Å². The number of hydroxylamine groups is 1. The van der Waals surface area contributed by atoms with Gasteiger partial charge in [0.1, 0.15) is 0 Å². The van der Waals surface area contributed by atoms with Gasteiger partial charge in [-0.1, -0.05) is 18.2 Å². The number of hydrogen-bond acceptors (Lipinski definition) is 3. The molecular formula is C10H12N2O2. The van der Waals surface area contributed by atoms with E-state index >= 15 is 0 Å². The first kappa shape index (κ1) is 9.21. The van der Waals surface area contributed by atoms with Crippen LogP contribution >= 0.6 is 0 Å². The third kappa shape index (κ3) is 1.77. The van der Waals surface area contributed by atoms with E-state index < -0.39 is 0 Å². The molecule has 4 heteroatoms. The Morgan fingerprint density at radius 1 is 1.36 bits per heavy atom. The molecule has 2 aromatic rings. The Kier molecular flexibility index (Phi) is 2.78. The summed E-state index contributed by atoms with van der Waals surface area (Å²) in [7, 11) is 0. The van der Waals surface area contributed by atoms with Gasteiger partial charge in [0.2, 0.25) is 0 Å². The number of H-pyrrole nitrogens is 1. The van der Waals surface area contributed by atoms with Crippen LogP contribution in [0.15, 0.2) is 30.5 Å². The van der Waals surface area contributed by atoms with Crippen molar-refractivity contribution in [3.63, 3.8) is 0 Å². The van der Waals surface area contributed by atoms with E-state index in [0.29, 0.717) is 6.54 Å². The number of aromatic amines is 1. The molecule has 0 aliphatic rings. The van der Waals surface area contributed by atoms with E-state index in [1.807, 2.05) is 24.4 Å². The van der Waals surface area contributed by atoms with Crippen LogP contribution in [0.2, 0.25) is 0 Å². The SMILES string of the molecule is OONCCc1c[nH]c2ccccc12. The van der Waals surface area contributed by atoms with Gasteiger partial charge >= 0.3 is 0 Å². The molecule has 2 rings (SSSR count). The fourth-order valence-electron chi connectivity index (χ4n) is 1.57. The lowest BCUT2D eigenvalue weighted by Gasteiger charge is -1.98. The molecule has 0 radical (unpaired) electrons. The Balaban J connectivity index is 2.17. The van der Waals surface area contributed by atoms with E-state index in [2.05, 4.69) is 21.5 Å². The molecule has 0 bridgehead atoms. The van der Waals surface area contributed by atoms with Crippen LogP contribution in [0.3, 0.4) is 0 Å². The van der Waals surface area contributed by atoms with Gasteiger partial charge in [0, 0.05) is 23.6 Å². The number of nitrogens with one attached hydrogen (secondary N) is 2. The number of para-hydroxylation sites is 1. The average molecular weight is 192 g/mol. The van der Waals surface area contributed by atoms with Crippen molar-refractivity contribution in [1.82, 2.24) is 10.5 Å². The van der Waals surface area contributed by atoms with Crippen molar-refractivity contribution in [2.75, 3.05) is 6.54 Å². The Hall–Kier alpha value is -1.36. The minimum Gasteiger partial charge on any atom is -0.361 e. The molecule has 14 heavy (non-hydrogen) atoms. The fourth-order valence-corrected chi connectivity index (χ4v) is 1.57. The summed E-state index contributed by atoms with van der Waals surface area (Å²) >= 11 is 0. The molecule has 3 N–H and O–H groups in total. The molecule has 1 aromatic carbocycles. The molecule has 0 spiro atoms. The first-order valence-electron chi connectivity index (χ1n) is 4.50. The Bertz CT molecular complexity index is 411. The fraction of sp³-hybridized carbons (Fsp3) is 0.200. The highest BCUT2D eigenvalue weighted by Crippen LogP contribution is 2.17. The van der Waals surface area contributed by atoms with Gasteiger partial charge in [0.05, 0.1) is 0 Å². The zero-order chi connectivity index (χ0) is 9.80. The molecular weight excluding hydrogens is 180 g/mol. The topological polar surface area (TPSA) is 57.3 Å². The third-order valence-electron chi connectivity index (χ3n) is 2.24. The maximum atomic E-state index is 8.09. The summed E-state index contributed by atoms with van der Waals surface area (Å²) < 4.78 is 0. The highest BCUT2D eigenvalue weighted by molar-refractivity contribution is 5.82. The second-order valence-corrected chi connectivity index (χ2v) is 3.10. The Labute approximate surface area is 81.4 Å². The summed E-state index contributed by atoms with van der Waals surface area (Å²) in [5, 5.41) is 9.30. The highest BCUT2D eigenvalue weighted by atomic mass is 17.2. The van der Waals surface area contributed by atoms with Crippen LogP contribution in [0.1, 0.15) is 5.56 Å². The maximum absolute atomic E-state index is 8.09. The van der Waals surface area contributed by atoms with Crippen LogP contribution in [0, 0.1) is 0 Å². The molecule has 0 saturated heterocycles. The third-order valence-corrected chi connectivity index (χ3v) is 2.24. The molecule has 0 amide bonds. The van der Waals surface area contributed by atoms with Gasteiger partial charge in [-0.25, -0.2) is 5.26 Å². The summed E-state index contributed by atoms with van der Waals surface area (Å²) in [6.45, 7) is 0.582. The number of benzene rings is 1. The zero-order valence-electron chi connectivity index (χ0n) is 7.66. The van der Waals surface area contributed by atoms with Crippen molar-refractivity contribution in [1.29, 1.82) is 0 Å². The molecule has 0 saturated carbocycles. The monoisotopic (exact) mass is 192 g/mol. The van der Waals surface area contributed by atoms with Gasteiger partial charge in [-0.2, -0.15) is 5.48 Å². The van der Waals surface area contributed by atoms with E-state index in [1.165, 1.54) is 10.9 Å². The first-order chi connectivity index (χ1) is 6.92. The Morgan fingerprint density at radius 3 is 3.07 bits per heavy atom. The smallest absolute Gasteiger partial charge is 0.0456 e. The van der Waals surface area contributed by atoms with E-state index in [-0.39, 0.29) is 0 Å². The molecule has 0 fully saturated rings.